The Morgan fingerprint density at radius 1 is 1.64 bits per heavy atom. The van der Waals surface area contributed by atoms with Gasteiger partial charge in [-0.25, -0.2) is 4.98 Å². The first kappa shape index (κ1) is 9.68. The number of aliphatic hydroxyl groups excluding tert-OH is 1. The zero-order chi connectivity index (χ0) is 9.97. The van der Waals surface area contributed by atoms with E-state index in [4.69, 9.17) is 9.52 Å². The van der Waals surface area contributed by atoms with E-state index in [0.29, 0.717) is 11.7 Å². The Labute approximate surface area is 83.5 Å². The Kier molecular flexibility index (Phi) is 2.84. The molecule has 1 aliphatic heterocycles. The Hall–Kier alpha value is -0.870. The maximum atomic E-state index is 8.88. The van der Waals surface area contributed by atoms with Gasteiger partial charge < -0.3 is 9.52 Å². The van der Waals surface area contributed by atoms with Gasteiger partial charge in [0, 0.05) is 0 Å². The van der Waals surface area contributed by atoms with E-state index in [-0.39, 0.29) is 6.61 Å². The molecule has 2 rings (SSSR count). The molecule has 0 bridgehead atoms. The van der Waals surface area contributed by atoms with Crippen molar-refractivity contribution >= 4 is 0 Å². The molecule has 0 amide bonds. The molecule has 1 atom stereocenters. The van der Waals surface area contributed by atoms with Gasteiger partial charge in [0.05, 0.1) is 12.6 Å². The minimum atomic E-state index is -0.0417. The van der Waals surface area contributed by atoms with Gasteiger partial charge in [-0.2, -0.15) is 0 Å². The molecule has 1 fully saturated rings. The lowest BCUT2D eigenvalue weighted by atomic mass is 10.0. The number of piperidine rings is 1. The second kappa shape index (κ2) is 4.11. The van der Waals surface area contributed by atoms with Gasteiger partial charge in [-0.15, -0.1) is 0 Å². The van der Waals surface area contributed by atoms with Gasteiger partial charge in [-0.3, -0.25) is 4.90 Å². The van der Waals surface area contributed by atoms with Crippen LogP contribution in [0.5, 0.6) is 0 Å². The minimum absolute atomic E-state index is 0.0417. The van der Waals surface area contributed by atoms with Crippen molar-refractivity contribution in [3.8, 4) is 0 Å². The van der Waals surface area contributed by atoms with Crippen molar-refractivity contribution in [1.82, 2.24) is 9.88 Å². The zero-order valence-electron chi connectivity index (χ0n) is 8.44. The van der Waals surface area contributed by atoms with E-state index in [2.05, 4.69) is 16.9 Å². The van der Waals surface area contributed by atoms with Crippen molar-refractivity contribution in [3.05, 3.63) is 17.8 Å². The van der Waals surface area contributed by atoms with Crippen LogP contribution >= 0.6 is 0 Å². The number of aliphatic hydroxyl groups is 1. The summed E-state index contributed by atoms with van der Waals surface area (Å²) in [6.07, 6.45) is 5.12. The molecule has 0 radical (unpaired) electrons. The molecule has 1 aliphatic rings. The quantitative estimate of drug-likeness (QED) is 0.775. The monoisotopic (exact) mass is 196 g/mol. The molecular formula is C10H16N2O2. The summed E-state index contributed by atoms with van der Waals surface area (Å²) >= 11 is 0. The van der Waals surface area contributed by atoms with Gasteiger partial charge in [0.1, 0.15) is 12.0 Å². The van der Waals surface area contributed by atoms with Crippen LogP contribution in [0.25, 0.3) is 0 Å². The molecule has 2 heterocycles. The smallest absolute Gasteiger partial charge is 0.211 e. The summed E-state index contributed by atoms with van der Waals surface area (Å²) in [6.45, 7) is 1.06. The first-order chi connectivity index (χ1) is 6.81. The van der Waals surface area contributed by atoms with Crippen molar-refractivity contribution in [2.24, 2.45) is 0 Å². The molecule has 0 spiro atoms. The second-order valence-corrected chi connectivity index (χ2v) is 3.83. The average molecular weight is 196 g/mol. The fourth-order valence-corrected chi connectivity index (χ4v) is 1.94. The largest absolute Gasteiger partial charge is 0.447 e. The average Bonchev–Trinajstić information content (AvgIpc) is 2.67. The molecule has 4 nitrogen and oxygen atoms in total. The standard InChI is InChI=1S/C10H16N2O2/c1-12-5-3-2-4-9(12)10-11-8(6-13)7-14-10/h7,9,13H,2-6H2,1H3. The fraction of sp³-hybridized carbons (Fsp3) is 0.700. The summed E-state index contributed by atoms with van der Waals surface area (Å²) in [5.41, 5.74) is 0.624. The molecule has 0 aromatic carbocycles. The van der Waals surface area contributed by atoms with E-state index in [1.54, 1.807) is 0 Å². The van der Waals surface area contributed by atoms with E-state index in [0.717, 1.165) is 18.9 Å². The number of hydrogen-bond donors (Lipinski definition) is 1. The number of oxazole rings is 1. The van der Waals surface area contributed by atoms with Crippen LogP contribution in [0.3, 0.4) is 0 Å². The zero-order valence-corrected chi connectivity index (χ0v) is 8.44. The van der Waals surface area contributed by atoms with E-state index < -0.39 is 0 Å². The maximum Gasteiger partial charge on any atom is 0.211 e. The predicted molar refractivity (Wildman–Crippen MR) is 51.6 cm³/mol. The lowest BCUT2D eigenvalue weighted by molar-refractivity contribution is 0.159. The van der Waals surface area contributed by atoms with Crippen molar-refractivity contribution in [2.45, 2.75) is 31.9 Å². The van der Waals surface area contributed by atoms with Crippen LogP contribution in [0.2, 0.25) is 0 Å². The number of rotatable bonds is 2. The number of likely N-dealkylation sites (tertiary alicyclic amines) is 1. The predicted octanol–water partition coefficient (Wildman–Crippen LogP) is 1.32. The summed E-state index contributed by atoms with van der Waals surface area (Å²) in [7, 11) is 2.09. The van der Waals surface area contributed by atoms with Crippen LogP contribution in [0.1, 0.15) is 36.9 Å². The molecule has 0 saturated carbocycles. The van der Waals surface area contributed by atoms with Crippen LogP contribution in [0.4, 0.5) is 0 Å². The van der Waals surface area contributed by atoms with Crippen LogP contribution in [0.15, 0.2) is 10.7 Å². The highest BCUT2D eigenvalue weighted by Gasteiger charge is 2.24. The number of aromatic nitrogens is 1. The first-order valence-corrected chi connectivity index (χ1v) is 5.06. The molecule has 1 aromatic heterocycles. The van der Waals surface area contributed by atoms with Crippen molar-refractivity contribution in [1.29, 1.82) is 0 Å². The molecular weight excluding hydrogens is 180 g/mol. The van der Waals surface area contributed by atoms with E-state index in [1.807, 2.05) is 0 Å². The van der Waals surface area contributed by atoms with Gasteiger partial charge in [0.25, 0.3) is 0 Å². The molecule has 4 heteroatoms. The van der Waals surface area contributed by atoms with Crippen LogP contribution in [0, 0.1) is 0 Å². The summed E-state index contributed by atoms with van der Waals surface area (Å²) in [5, 5.41) is 8.88. The molecule has 1 saturated heterocycles. The second-order valence-electron chi connectivity index (χ2n) is 3.83. The van der Waals surface area contributed by atoms with Crippen molar-refractivity contribution in [3.63, 3.8) is 0 Å². The summed E-state index contributed by atoms with van der Waals surface area (Å²) in [6, 6.07) is 0.295. The molecule has 1 unspecified atom stereocenters. The Bertz CT molecular complexity index is 298. The summed E-state index contributed by atoms with van der Waals surface area (Å²) in [5.74, 6) is 0.747. The highest BCUT2D eigenvalue weighted by atomic mass is 16.3. The van der Waals surface area contributed by atoms with E-state index >= 15 is 0 Å². The van der Waals surface area contributed by atoms with Crippen molar-refractivity contribution in [2.75, 3.05) is 13.6 Å². The third kappa shape index (κ3) is 1.81. The minimum Gasteiger partial charge on any atom is -0.447 e. The van der Waals surface area contributed by atoms with Crippen molar-refractivity contribution < 1.29 is 9.52 Å². The number of nitrogens with zero attached hydrogens (tertiary/aromatic N) is 2. The fourth-order valence-electron chi connectivity index (χ4n) is 1.94. The number of hydrogen-bond acceptors (Lipinski definition) is 4. The van der Waals surface area contributed by atoms with E-state index in [9.17, 15) is 0 Å². The van der Waals surface area contributed by atoms with Gasteiger partial charge in [0.15, 0.2) is 0 Å². The Balaban J connectivity index is 2.12. The van der Waals surface area contributed by atoms with Crippen LogP contribution in [-0.2, 0) is 6.61 Å². The SMILES string of the molecule is CN1CCCCC1c1nc(CO)co1. The topological polar surface area (TPSA) is 49.5 Å². The molecule has 1 aromatic rings. The Morgan fingerprint density at radius 3 is 3.14 bits per heavy atom. The molecule has 78 valence electrons. The van der Waals surface area contributed by atoms with Crippen LogP contribution in [-0.4, -0.2) is 28.6 Å². The third-order valence-electron chi connectivity index (χ3n) is 2.79. The maximum absolute atomic E-state index is 8.88. The van der Waals surface area contributed by atoms with Gasteiger partial charge in [-0.1, -0.05) is 6.42 Å². The Morgan fingerprint density at radius 2 is 2.50 bits per heavy atom. The normalized spacial score (nSPS) is 24.0. The van der Waals surface area contributed by atoms with Crippen LogP contribution < -0.4 is 0 Å². The van der Waals surface area contributed by atoms with Gasteiger partial charge in [-0.05, 0) is 26.4 Å². The molecule has 14 heavy (non-hydrogen) atoms. The van der Waals surface area contributed by atoms with Gasteiger partial charge >= 0.3 is 0 Å². The lowest BCUT2D eigenvalue weighted by Crippen LogP contribution is -2.29. The van der Waals surface area contributed by atoms with Gasteiger partial charge in [0.2, 0.25) is 5.89 Å². The molecule has 0 aliphatic carbocycles. The lowest BCUT2D eigenvalue weighted by Gasteiger charge is -2.29. The van der Waals surface area contributed by atoms with E-state index in [1.165, 1.54) is 19.1 Å². The molecule has 1 N–H and O–H groups in total. The third-order valence-corrected chi connectivity index (χ3v) is 2.79. The summed E-state index contributed by atoms with van der Waals surface area (Å²) in [4.78, 5) is 6.50. The highest BCUT2D eigenvalue weighted by molar-refractivity contribution is 5.00. The summed E-state index contributed by atoms with van der Waals surface area (Å²) < 4.78 is 5.35. The highest BCUT2D eigenvalue weighted by Crippen LogP contribution is 2.28. The first-order valence-electron chi connectivity index (χ1n) is 5.06.